The molecule has 0 aliphatic heterocycles. The molecule has 0 radical (unpaired) electrons. The number of para-hydroxylation sites is 3. The van der Waals surface area contributed by atoms with Gasteiger partial charge in [-0.05, 0) is 24.3 Å². The van der Waals surface area contributed by atoms with Crippen molar-refractivity contribution in [1.29, 1.82) is 0 Å². The maximum absolute atomic E-state index is 12.9. The van der Waals surface area contributed by atoms with Gasteiger partial charge in [-0.1, -0.05) is 48.5 Å². The third-order valence-corrected chi connectivity index (χ3v) is 5.31. The molecule has 0 aliphatic carbocycles. The first-order valence-corrected chi connectivity index (χ1v) is 9.89. The van der Waals surface area contributed by atoms with Gasteiger partial charge >= 0.3 is 11.9 Å². The molecule has 7 nitrogen and oxygen atoms in total. The number of esters is 2. The normalized spacial score (nSPS) is 11.1. The maximum Gasteiger partial charge on any atom is 0.357 e. The Morgan fingerprint density at radius 1 is 0.812 bits per heavy atom. The fourth-order valence-corrected chi connectivity index (χ4v) is 3.88. The zero-order chi connectivity index (χ0) is 22.2. The smallest absolute Gasteiger partial charge is 0.357 e. The minimum atomic E-state index is -0.704. The van der Waals surface area contributed by atoms with Gasteiger partial charge in [-0.15, -0.1) is 0 Å². The molecule has 0 amide bonds. The van der Waals surface area contributed by atoms with E-state index in [4.69, 9.17) is 13.9 Å². The standard InChI is InChI=1S/C25H18N2O5/c1-30-24(28)20-21(26-27(22(20)25(29)31-2)15-9-4-3-5-10-15)18-13-8-12-17-16-11-6-7-14-19(16)32-23(17)18/h3-14H,1-2H3. The summed E-state index contributed by atoms with van der Waals surface area (Å²) in [5.74, 6) is -1.40. The third-order valence-electron chi connectivity index (χ3n) is 5.31. The molecule has 158 valence electrons. The molecule has 0 atom stereocenters. The predicted molar refractivity (Wildman–Crippen MR) is 119 cm³/mol. The molecule has 5 rings (SSSR count). The van der Waals surface area contributed by atoms with E-state index < -0.39 is 11.9 Å². The number of rotatable bonds is 4. The van der Waals surface area contributed by atoms with Gasteiger partial charge in [-0.2, -0.15) is 5.10 Å². The number of carbonyl (C=O) groups is 2. The Morgan fingerprint density at radius 2 is 1.50 bits per heavy atom. The molecular weight excluding hydrogens is 408 g/mol. The second-order valence-corrected chi connectivity index (χ2v) is 7.08. The monoisotopic (exact) mass is 426 g/mol. The number of furan rings is 1. The highest BCUT2D eigenvalue weighted by Crippen LogP contribution is 2.38. The van der Waals surface area contributed by atoms with E-state index in [-0.39, 0.29) is 17.0 Å². The second-order valence-electron chi connectivity index (χ2n) is 7.08. The maximum atomic E-state index is 12.9. The molecule has 0 bridgehead atoms. The molecule has 32 heavy (non-hydrogen) atoms. The molecule has 5 aromatic rings. The Labute approximate surface area is 182 Å². The number of nitrogens with zero attached hydrogens (tertiary/aromatic N) is 2. The van der Waals surface area contributed by atoms with Gasteiger partial charge in [-0.3, -0.25) is 0 Å². The summed E-state index contributed by atoms with van der Waals surface area (Å²) in [6.45, 7) is 0. The first-order chi connectivity index (χ1) is 15.6. The fourth-order valence-electron chi connectivity index (χ4n) is 3.88. The highest BCUT2D eigenvalue weighted by atomic mass is 16.5. The van der Waals surface area contributed by atoms with Crippen LogP contribution in [0.4, 0.5) is 0 Å². The van der Waals surface area contributed by atoms with Crippen LogP contribution < -0.4 is 0 Å². The summed E-state index contributed by atoms with van der Waals surface area (Å²) in [5, 5.41) is 6.49. The van der Waals surface area contributed by atoms with E-state index in [9.17, 15) is 9.59 Å². The van der Waals surface area contributed by atoms with Crippen molar-refractivity contribution in [3.63, 3.8) is 0 Å². The van der Waals surface area contributed by atoms with Gasteiger partial charge in [0.25, 0.3) is 0 Å². The average Bonchev–Trinajstić information content (AvgIpc) is 3.42. The van der Waals surface area contributed by atoms with Gasteiger partial charge in [-0.25, -0.2) is 14.3 Å². The fraction of sp³-hybridized carbons (Fsp3) is 0.0800. The van der Waals surface area contributed by atoms with Crippen molar-refractivity contribution >= 4 is 33.9 Å². The lowest BCUT2D eigenvalue weighted by Gasteiger charge is -2.07. The Hall–Kier alpha value is -4.39. The Bertz CT molecular complexity index is 1480. The number of fused-ring (bicyclic) bond motifs is 3. The van der Waals surface area contributed by atoms with E-state index in [0.29, 0.717) is 22.4 Å². The molecule has 3 aromatic carbocycles. The van der Waals surface area contributed by atoms with Gasteiger partial charge < -0.3 is 13.9 Å². The van der Waals surface area contributed by atoms with Crippen LogP contribution in [-0.4, -0.2) is 35.9 Å². The highest BCUT2D eigenvalue weighted by Gasteiger charge is 2.32. The van der Waals surface area contributed by atoms with Crippen LogP contribution in [0.1, 0.15) is 20.8 Å². The number of aromatic nitrogens is 2. The molecule has 0 N–H and O–H groups in total. The quantitative estimate of drug-likeness (QED) is 0.376. The Balaban J connectivity index is 1.88. The summed E-state index contributed by atoms with van der Waals surface area (Å²) in [5.41, 5.74) is 2.70. The molecule has 7 heteroatoms. The van der Waals surface area contributed by atoms with Crippen LogP contribution in [-0.2, 0) is 9.47 Å². The predicted octanol–water partition coefficient (Wildman–Crippen LogP) is 5.01. The molecule has 0 saturated heterocycles. The van der Waals surface area contributed by atoms with Crippen LogP contribution in [0.25, 0.3) is 38.9 Å². The Kier molecular flexibility index (Phi) is 4.71. The third kappa shape index (κ3) is 2.94. The van der Waals surface area contributed by atoms with Crippen molar-refractivity contribution in [1.82, 2.24) is 9.78 Å². The molecule has 0 saturated carbocycles. The first-order valence-electron chi connectivity index (χ1n) is 9.89. The van der Waals surface area contributed by atoms with E-state index in [0.717, 1.165) is 10.8 Å². The van der Waals surface area contributed by atoms with Crippen molar-refractivity contribution in [3.8, 4) is 16.9 Å². The number of carbonyl (C=O) groups excluding carboxylic acids is 2. The van der Waals surface area contributed by atoms with E-state index >= 15 is 0 Å². The zero-order valence-electron chi connectivity index (χ0n) is 17.4. The van der Waals surface area contributed by atoms with E-state index in [1.54, 1.807) is 18.2 Å². The molecule has 0 spiro atoms. The molecular formula is C25H18N2O5. The largest absolute Gasteiger partial charge is 0.465 e. The van der Waals surface area contributed by atoms with Crippen molar-refractivity contribution < 1.29 is 23.5 Å². The number of methoxy groups -OCH3 is 2. The van der Waals surface area contributed by atoms with Crippen molar-refractivity contribution in [2.24, 2.45) is 0 Å². The van der Waals surface area contributed by atoms with Crippen LogP contribution in [0.15, 0.2) is 77.2 Å². The topological polar surface area (TPSA) is 83.6 Å². The summed E-state index contributed by atoms with van der Waals surface area (Å²) < 4.78 is 17.5. The van der Waals surface area contributed by atoms with Crippen molar-refractivity contribution in [2.45, 2.75) is 0 Å². The van der Waals surface area contributed by atoms with Gasteiger partial charge in [0.15, 0.2) is 5.69 Å². The number of ether oxygens (including phenoxy) is 2. The average molecular weight is 426 g/mol. The van der Waals surface area contributed by atoms with E-state index in [1.165, 1.54) is 18.9 Å². The van der Waals surface area contributed by atoms with Gasteiger partial charge in [0, 0.05) is 16.3 Å². The van der Waals surface area contributed by atoms with Crippen LogP contribution in [0.2, 0.25) is 0 Å². The van der Waals surface area contributed by atoms with Crippen LogP contribution >= 0.6 is 0 Å². The van der Waals surface area contributed by atoms with Crippen LogP contribution in [0.3, 0.4) is 0 Å². The van der Waals surface area contributed by atoms with E-state index in [2.05, 4.69) is 5.10 Å². The lowest BCUT2D eigenvalue weighted by atomic mass is 10.0. The van der Waals surface area contributed by atoms with Gasteiger partial charge in [0.2, 0.25) is 0 Å². The lowest BCUT2D eigenvalue weighted by Crippen LogP contribution is -2.15. The van der Waals surface area contributed by atoms with Crippen molar-refractivity contribution in [3.05, 3.63) is 84.1 Å². The highest BCUT2D eigenvalue weighted by molar-refractivity contribution is 6.13. The molecule has 0 unspecified atom stereocenters. The molecule has 0 fully saturated rings. The SMILES string of the molecule is COC(=O)c1c(-c2cccc3c2oc2ccccc23)nn(-c2ccccc2)c1C(=O)OC. The number of hydrogen-bond acceptors (Lipinski definition) is 6. The second kappa shape index (κ2) is 7.70. The van der Waals surface area contributed by atoms with Gasteiger partial charge in [0.05, 0.1) is 19.9 Å². The van der Waals surface area contributed by atoms with Gasteiger partial charge in [0.1, 0.15) is 22.4 Å². The summed E-state index contributed by atoms with van der Waals surface area (Å²) in [6, 6.07) is 22.3. The molecule has 0 aliphatic rings. The first kappa shape index (κ1) is 19.6. The zero-order valence-corrected chi connectivity index (χ0v) is 17.4. The molecule has 2 heterocycles. The van der Waals surface area contributed by atoms with Crippen molar-refractivity contribution in [2.75, 3.05) is 14.2 Å². The lowest BCUT2D eigenvalue weighted by molar-refractivity contribution is 0.0549. The minimum absolute atomic E-state index is 0.0103. The summed E-state index contributed by atoms with van der Waals surface area (Å²) in [7, 11) is 2.51. The van der Waals surface area contributed by atoms with Crippen LogP contribution in [0, 0.1) is 0 Å². The summed E-state index contributed by atoms with van der Waals surface area (Å²) in [4.78, 5) is 25.7. The summed E-state index contributed by atoms with van der Waals surface area (Å²) in [6.07, 6.45) is 0. The van der Waals surface area contributed by atoms with E-state index in [1.807, 2.05) is 54.6 Å². The Morgan fingerprint density at radius 3 is 2.25 bits per heavy atom. The summed E-state index contributed by atoms with van der Waals surface area (Å²) >= 11 is 0. The van der Waals surface area contributed by atoms with Crippen LogP contribution in [0.5, 0.6) is 0 Å². The number of hydrogen-bond donors (Lipinski definition) is 0. The number of benzene rings is 3. The minimum Gasteiger partial charge on any atom is -0.465 e. The molecule has 2 aromatic heterocycles.